The van der Waals surface area contributed by atoms with Gasteiger partial charge in [0, 0.05) is 12.0 Å². The first-order valence-corrected chi connectivity index (χ1v) is 5.24. The Bertz CT molecular complexity index is 330. The van der Waals surface area contributed by atoms with Crippen molar-refractivity contribution in [3.8, 4) is 0 Å². The van der Waals surface area contributed by atoms with Gasteiger partial charge in [-0.05, 0) is 31.0 Å². The van der Waals surface area contributed by atoms with Crippen LogP contribution >= 0.6 is 0 Å². The van der Waals surface area contributed by atoms with Gasteiger partial charge in [-0.3, -0.25) is 0 Å². The zero-order valence-electron chi connectivity index (χ0n) is 8.66. The van der Waals surface area contributed by atoms with Crippen molar-refractivity contribution in [3.63, 3.8) is 0 Å². The van der Waals surface area contributed by atoms with Gasteiger partial charge < -0.3 is 5.32 Å². The van der Waals surface area contributed by atoms with E-state index in [-0.39, 0.29) is 0 Å². The Morgan fingerprint density at radius 1 is 1.50 bits per heavy atom. The third kappa shape index (κ3) is 1.48. The summed E-state index contributed by atoms with van der Waals surface area (Å²) in [6, 6.07) is 9.17. The lowest BCUT2D eigenvalue weighted by Gasteiger charge is -2.20. The number of rotatable bonds is 3. The van der Waals surface area contributed by atoms with Crippen LogP contribution in [-0.2, 0) is 6.42 Å². The largest absolute Gasteiger partial charge is 0.313 e. The molecule has 2 unspecified atom stereocenters. The Morgan fingerprint density at radius 2 is 2.29 bits per heavy atom. The van der Waals surface area contributed by atoms with Crippen LogP contribution in [-0.4, -0.2) is 13.1 Å². The molecule has 1 aromatic rings. The molecule has 0 aliphatic heterocycles. The Labute approximate surface area is 85.8 Å². The second-order valence-corrected chi connectivity index (χ2v) is 3.89. The van der Waals surface area contributed by atoms with E-state index in [4.69, 9.17) is 0 Å². The zero-order chi connectivity index (χ0) is 9.97. The number of hydrogen-bond donors (Lipinski definition) is 1. The monoisotopic (exact) mass is 187 g/mol. The quantitative estimate of drug-likeness (QED) is 0.717. The normalized spacial score (nSPS) is 21.6. The molecule has 0 amide bonds. The van der Waals surface area contributed by atoms with Crippen LogP contribution in [0.25, 0.3) is 0 Å². The van der Waals surface area contributed by atoms with Crippen molar-refractivity contribution in [3.05, 3.63) is 48.0 Å². The molecule has 1 nitrogen and oxygen atoms in total. The van der Waals surface area contributed by atoms with Gasteiger partial charge in [0.05, 0.1) is 0 Å². The highest BCUT2D eigenvalue weighted by atomic mass is 14.9. The number of likely N-dealkylation sites (N-methyl/N-ethyl adjacent to an activating group) is 1. The third-order valence-corrected chi connectivity index (χ3v) is 3.20. The van der Waals surface area contributed by atoms with Gasteiger partial charge in [-0.15, -0.1) is 6.58 Å². The molecule has 0 saturated heterocycles. The molecule has 0 bridgehead atoms. The van der Waals surface area contributed by atoms with Crippen molar-refractivity contribution in [2.45, 2.75) is 24.8 Å². The predicted molar refractivity (Wildman–Crippen MR) is 60.5 cm³/mol. The molecule has 2 rings (SSSR count). The molecule has 1 aliphatic rings. The van der Waals surface area contributed by atoms with Crippen molar-refractivity contribution in [2.75, 3.05) is 7.05 Å². The Balaban J connectivity index is 2.29. The smallest absolute Gasteiger partial charge is 0.0313 e. The molecular formula is C13H17N. The summed E-state index contributed by atoms with van der Waals surface area (Å²) in [6.07, 6.45) is 4.48. The number of hydrogen-bond acceptors (Lipinski definition) is 1. The van der Waals surface area contributed by atoms with Gasteiger partial charge in [-0.1, -0.05) is 30.3 Å². The molecule has 74 valence electrons. The second kappa shape index (κ2) is 3.97. The molecule has 1 heteroatoms. The summed E-state index contributed by atoms with van der Waals surface area (Å²) in [7, 11) is 2.01. The van der Waals surface area contributed by atoms with Crippen LogP contribution in [0.4, 0.5) is 0 Å². The van der Waals surface area contributed by atoms with Crippen molar-refractivity contribution in [1.29, 1.82) is 0 Å². The van der Waals surface area contributed by atoms with E-state index in [0.717, 1.165) is 0 Å². The summed E-state index contributed by atoms with van der Waals surface area (Å²) in [4.78, 5) is 0. The molecule has 14 heavy (non-hydrogen) atoms. The molecule has 2 atom stereocenters. The lowest BCUT2D eigenvalue weighted by Crippen LogP contribution is -2.28. The van der Waals surface area contributed by atoms with Crippen LogP contribution in [0.2, 0.25) is 0 Å². The Kier molecular flexibility index (Phi) is 2.69. The van der Waals surface area contributed by atoms with Gasteiger partial charge in [-0.2, -0.15) is 0 Å². The summed E-state index contributed by atoms with van der Waals surface area (Å²) in [5.41, 5.74) is 3.02. The highest BCUT2D eigenvalue weighted by Gasteiger charge is 2.26. The molecule has 1 aliphatic carbocycles. The van der Waals surface area contributed by atoms with Crippen LogP contribution in [0.3, 0.4) is 0 Å². The van der Waals surface area contributed by atoms with Crippen LogP contribution in [0.1, 0.15) is 23.5 Å². The predicted octanol–water partition coefficient (Wildman–Crippen LogP) is 2.49. The fraction of sp³-hybridized carbons (Fsp3) is 0.385. The minimum Gasteiger partial charge on any atom is -0.313 e. The van der Waals surface area contributed by atoms with E-state index in [0.29, 0.717) is 12.0 Å². The van der Waals surface area contributed by atoms with Gasteiger partial charge >= 0.3 is 0 Å². The lowest BCUT2D eigenvalue weighted by atomic mass is 9.93. The van der Waals surface area contributed by atoms with E-state index >= 15 is 0 Å². The maximum Gasteiger partial charge on any atom is 0.0313 e. The van der Waals surface area contributed by atoms with E-state index in [2.05, 4.69) is 36.2 Å². The summed E-state index contributed by atoms with van der Waals surface area (Å²) in [5, 5.41) is 3.32. The molecule has 0 saturated carbocycles. The summed E-state index contributed by atoms with van der Waals surface area (Å²) >= 11 is 0. The molecule has 0 aromatic heterocycles. The molecule has 1 N–H and O–H groups in total. The maximum absolute atomic E-state index is 3.89. The van der Waals surface area contributed by atoms with E-state index in [1.807, 2.05) is 13.1 Å². The van der Waals surface area contributed by atoms with Gasteiger partial charge in [0.15, 0.2) is 0 Å². The first-order chi connectivity index (χ1) is 6.86. The number of fused-ring (bicyclic) bond motifs is 1. The molecular weight excluding hydrogens is 170 g/mol. The Morgan fingerprint density at radius 3 is 3.00 bits per heavy atom. The fourth-order valence-corrected chi connectivity index (χ4v) is 2.45. The van der Waals surface area contributed by atoms with Crippen LogP contribution in [0, 0.1) is 0 Å². The lowest BCUT2D eigenvalue weighted by molar-refractivity contribution is 0.533. The molecule has 0 radical (unpaired) electrons. The van der Waals surface area contributed by atoms with Crippen molar-refractivity contribution < 1.29 is 0 Å². The van der Waals surface area contributed by atoms with Gasteiger partial charge in [0.2, 0.25) is 0 Å². The topological polar surface area (TPSA) is 12.0 Å². The summed E-state index contributed by atoms with van der Waals surface area (Å²) in [5.74, 6) is 0.619. The number of nitrogens with one attached hydrogen (secondary N) is 1. The average Bonchev–Trinajstić information content (AvgIpc) is 2.65. The zero-order valence-corrected chi connectivity index (χ0v) is 8.66. The summed E-state index contributed by atoms with van der Waals surface area (Å²) < 4.78 is 0. The molecule has 0 spiro atoms. The molecule has 0 heterocycles. The maximum atomic E-state index is 3.89. The molecule has 0 fully saturated rings. The fourth-order valence-electron chi connectivity index (χ4n) is 2.45. The van der Waals surface area contributed by atoms with Gasteiger partial charge in [-0.25, -0.2) is 0 Å². The van der Waals surface area contributed by atoms with E-state index in [9.17, 15) is 0 Å². The van der Waals surface area contributed by atoms with Crippen molar-refractivity contribution in [1.82, 2.24) is 5.32 Å². The first kappa shape index (κ1) is 9.47. The van der Waals surface area contributed by atoms with Crippen LogP contribution in [0.5, 0.6) is 0 Å². The highest BCUT2D eigenvalue weighted by molar-refractivity contribution is 5.36. The van der Waals surface area contributed by atoms with Crippen LogP contribution in [0.15, 0.2) is 36.9 Å². The highest BCUT2D eigenvalue weighted by Crippen LogP contribution is 2.35. The SMILES string of the molecule is C=CC(NC)C1CCc2ccccc21. The van der Waals surface area contributed by atoms with E-state index in [1.165, 1.54) is 24.0 Å². The minimum atomic E-state index is 0.415. The van der Waals surface area contributed by atoms with Crippen LogP contribution < -0.4 is 5.32 Å². The third-order valence-electron chi connectivity index (χ3n) is 3.20. The van der Waals surface area contributed by atoms with Crippen molar-refractivity contribution >= 4 is 0 Å². The standard InChI is InChI=1S/C13H17N/c1-3-13(14-2)12-9-8-10-6-4-5-7-11(10)12/h3-7,12-14H,1,8-9H2,2H3. The van der Waals surface area contributed by atoms with Gasteiger partial charge in [0.25, 0.3) is 0 Å². The van der Waals surface area contributed by atoms with Gasteiger partial charge in [0.1, 0.15) is 0 Å². The molecule has 1 aromatic carbocycles. The first-order valence-electron chi connectivity index (χ1n) is 5.24. The average molecular weight is 187 g/mol. The Hall–Kier alpha value is -1.08. The second-order valence-electron chi connectivity index (χ2n) is 3.89. The summed E-state index contributed by atoms with van der Waals surface area (Å²) in [6.45, 7) is 3.89. The van der Waals surface area contributed by atoms with E-state index in [1.54, 1.807) is 0 Å². The number of benzene rings is 1. The van der Waals surface area contributed by atoms with E-state index < -0.39 is 0 Å². The minimum absolute atomic E-state index is 0.415. The number of aryl methyl sites for hydroxylation is 1. The van der Waals surface area contributed by atoms with Crippen molar-refractivity contribution in [2.24, 2.45) is 0 Å².